The fraction of sp³-hybridized carbons (Fsp3) is 0.889. The number of hydrogen-bond acceptors (Lipinski definition) is 5. The van der Waals surface area contributed by atoms with Crippen LogP contribution >= 0.6 is 0 Å². The first-order valence-electron chi connectivity index (χ1n) is 35.3. The van der Waals surface area contributed by atoms with Crippen LogP contribution in [0.25, 0.3) is 0 Å². The van der Waals surface area contributed by atoms with Crippen molar-refractivity contribution in [1.29, 1.82) is 0 Å². The number of unbranched alkanes of at least 4 members (excludes halogenated alkanes) is 50. The van der Waals surface area contributed by atoms with Gasteiger partial charge in [-0.3, -0.25) is 9.59 Å². The molecule has 0 aromatic rings. The summed E-state index contributed by atoms with van der Waals surface area (Å²) >= 11 is 0. The number of allylic oxidation sites excluding steroid dienone is 6. The van der Waals surface area contributed by atoms with Crippen molar-refractivity contribution in [1.82, 2.24) is 5.32 Å². The molecule has 0 heterocycles. The van der Waals surface area contributed by atoms with E-state index in [0.29, 0.717) is 25.9 Å². The van der Waals surface area contributed by atoms with Crippen LogP contribution in [0, 0.1) is 0 Å². The molecule has 0 aliphatic carbocycles. The lowest BCUT2D eigenvalue weighted by atomic mass is 10.0. The third kappa shape index (κ3) is 63.3. The number of aliphatic hydroxyl groups excluding tert-OH is 2. The fourth-order valence-electron chi connectivity index (χ4n) is 11.0. The van der Waals surface area contributed by atoms with Crippen LogP contribution in [-0.4, -0.2) is 47.4 Å². The molecule has 0 bridgehead atoms. The largest absolute Gasteiger partial charge is 0.466 e. The summed E-state index contributed by atoms with van der Waals surface area (Å²) in [5, 5.41) is 23.4. The maximum atomic E-state index is 12.6. The van der Waals surface area contributed by atoms with E-state index in [1.165, 1.54) is 283 Å². The number of ether oxygens (including phenoxy) is 1. The van der Waals surface area contributed by atoms with E-state index in [0.717, 1.165) is 70.6 Å². The predicted molar refractivity (Wildman–Crippen MR) is 343 cm³/mol. The van der Waals surface area contributed by atoms with Gasteiger partial charge in [-0.25, -0.2) is 0 Å². The van der Waals surface area contributed by atoms with E-state index in [1.54, 1.807) is 0 Å². The minimum absolute atomic E-state index is 0.0154. The van der Waals surface area contributed by atoms with Crippen LogP contribution in [-0.2, 0) is 14.3 Å². The van der Waals surface area contributed by atoms with Crippen molar-refractivity contribution in [3.8, 4) is 0 Å². The van der Waals surface area contributed by atoms with Crippen LogP contribution < -0.4 is 5.32 Å². The monoisotopic (exact) mass is 1100 g/mol. The molecular weight excluding hydrogens is 959 g/mol. The minimum Gasteiger partial charge on any atom is -0.466 e. The molecule has 460 valence electrons. The highest BCUT2D eigenvalue weighted by Gasteiger charge is 2.20. The van der Waals surface area contributed by atoms with Crippen molar-refractivity contribution in [2.75, 3.05) is 13.2 Å². The van der Waals surface area contributed by atoms with E-state index in [1.807, 2.05) is 0 Å². The Hall–Kier alpha value is -1.92. The zero-order valence-corrected chi connectivity index (χ0v) is 52.7. The van der Waals surface area contributed by atoms with Crippen LogP contribution in [0.4, 0.5) is 0 Å². The molecule has 0 saturated heterocycles. The Balaban J connectivity index is 3.46. The molecule has 0 radical (unpaired) electrons. The lowest BCUT2D eigenvalue weighted by Gasteiger charge is -2.22. The van der Waals surface area contributed by atoms with Gasteiger partial charge in [0.2, 0.25) is 5.91 Å². The van der Waals surface area contributed by atoms with E-state index in [9.17, 15) is 19.8 Å². The van der Waals surface area contributed by atoms with Crippen LogP contribution in [0.3, 0.4) is 0 Å². The van der Waals surface area contributed by atoms with Gasteiger partial charge in [-0.2, -0.15) is 0 Å². The molecule has 0 saturated carbocycles. The van der Waals surface area contributed by atoms with Gasteiger partial charge < -0.3 is 20.3 Å². The van der Waals surface area contributed by atoms with Crippen molar-refractivity contribution in [3.05, 3.63) is 36.5 Å². The van der Waals surface area contributed by atoms with Crippen LogP contribution in [0.5, 0.6) is 0 Å². The Labute approximate surface area is 487 Å². The summed E-state index contributed by atoms with van der Waals surface area (Å²) in [4.78, 5) is 24.6. The number of rotatable bonds is 66. The molecule has 1 amide bonds. The molecular formula is C72H137NO5. The molecule has 0 rings (SSSR count). The Morgan fingerprint density at radius 1 is 0.359 bits per heavy atom. The summed E-state index contributed by atoms with van der Waals surface area (Å²) < 4.78 is 5.47. The summed E-state index contributed by atoms with van der Waals surface area (Å²) in [5.41, 5.74) is 0. The molecule has 3 N–H and O–H groups in total. The third-order valence-electron chi connectivity index (χ3n) is 16.4. The smallest absolute Gasteiger partial charge is 0.305 e. The normalized spacial score (nSPS) is 12.7. The summed E-state index contributed by atoms with van der Waals surface area (Å²) in [7, 11) is 0. The van der Waals surface area contributed by atoms with E-state index >= 15 is 0 Å². The number of aliphatic hydroxyl groups is 2. The molecule has 0 fully saturated rings. The first kappa shape index (κ1) is 76.1. The van der Waals surface area contributed by atoms with Gasteiger partial charge in [-0.05, 0) is 83.5 Å². The molecule has 0 spiro atoms. The van der Waals surface area contributed by atoms with Gasteiger partial charge >= 0.3 is 5.97 Å². The van der Waals surface area contributed by atoms with Crippen molar-refractivity contribution in [2.45, 2.75) is 398 Å². The number of esters is 1. The molecule has 78 heavy (non-hydrogen) atoms. The van der Waals surface area contributed by atoms with E-state index < -0.39 is 12.1 Å². The SMILES string of the molecule is CCCCCCCCC/C=C\CCCCCCCCCC(=O)OCCCCC/C=C\C=C/CCCCCCCCCCCCC(=O)NC(CO)C(O)CCCCCCCCCCCCCCCCCCCCCCCCCC. The minimum atomic E-state index is -0.673. The fourth-order valence-corrected chi connectivity index (χ4v) is 11.0. The molecule has 0 aromatic heterocycles. The van der Waals surface area contributed by atoms with Crippen LogP contribution in [0.2, 0.25) is 0 Å². The highest BCUT2D eigenvalue weighted by molar-refractivity contribution is 5.76. The van der Waals surface area contributed by atoms with Gasteiger partial charge in [-0.1, -0.05) is 326 Å². The number of amides is 1. The highest BCUT2D eigenvalue weighted by atomic mass is 16.5. The van der Waals surface area contributed by atoms with Crippen LogP contribution in [0.15, 0.2) is 36.5 Å². The molecule has 2 atom stereocenters. The Morgan fingerprint density at radius 3 is 0.987 bits per heavy atom. The molecule has 6 nitrogen and oxygen atoms in total. The van der Waals surface area contributed by atoms with Gasteiger partial charge in [0, 0.05) is 12.8 Å². The third-order valence-corrected chi connectivity index (χ3v) is 16.4. The topological polar surface area (TPSA) is 95.9 Å². The lowest BCUT2D eigenvalue weighted by Crippen LogP contribution is -2.45. The molecule has 0 aliphatic heterocycles. The number of carbonyl (C=O) groups excluding carboxylic acids is 2. The highest BCUT2D eigenvalue weighted by Crippen LogP contribution is 2.19. The lowest BCUT2D eigenvalue weighted by molar-refractivity contribution is -0.143. The quantitative estimate of drug-likeness (QED) is 0.0244. The summed E-state index contributed by atoms with van der Waals surface area (Å²) in [6.07, 6.45) is 86.1. The predicted octanol–water partition coefficient (Wildman–Crippen LogP) is 22.7. The number of hydrogen-bond donors (Lipinski definition) is 3. The van der Waals surface area contributed by atoms with E-state index in [4.69, 9.17) is 4.74 Å². The standard InChI is InChI=1S/C72H137NO5/c1-3-5-7-9-11-13-15-17-19-21-23-24-25-26-27-29-32-36-40-44-48-52-56-60-64-70(75)69(68-74)73-71(76)65-61-57-53-49-45-41-37-33-30-28-31-35-39-43-47-51-55-59-63-67-78-72(77)66-62-58-54-50-46-42-38-34-22-20-18-16-14-12-10-8-6-4-2/h20,22,35,39,43,47,69-70,74-75H,3-19,21,23-34,36-38,40-42,44-46,48-68H2,1-2H3,(H,73,76)/b22-20-,39-35-,47-43-. The van der Waals surface area contributed by atoms with E-state index in [2.05, 4.69) is 55.6 Å². The molecule has 2 unspecified atom stereocenters. The maximum absolute atomic E-state index is 12.6. The van der Waals surface area contributed by atoms with Crippen molar-refractivity contribution in [2.24, 2.45) is 0 Å². The summed E-state index contributed by atoms with van der Waals surface area (Å²) in [6.45, 7) is 4.94. The second-order valence-corrected chi connectivity index (χ2v) is 24.2. The van der Waals surface area contributed by atoms with Crippen molar-refractivity contribution in [3.63, 3.8) is 0 Å². The van der Waals surface area contributed by atoms with E-state index in [-0.39, 0.29) is 18.5 Å². The maximum Gasteiger partial charge on any atom is 0.305 e. The Bertz CT molecular complexity index is 1260. The summed E-state index contributed by atoms with van der Waals surface area (Å²) in [6, 6.07) is -0.551. The zero-order chi connectivity index (χ0) is 56.4. The van der Waals surface area contributed by atoms with Gasteiger partial charge in [-0.15, -0.1) is 0 Å². The number of carbonyl (C=O) groups is 2. The Morgan fingerprint density at radius 2 is 0.641 bits per heavy atom. The second kappa shape index (κ2) is 67.6. The van der Waals surface area contributed by atoms with Crippen molar-refractivity contribution < 1.29 is 24.5 Å². The summed E-state index contributed by atoms with van der Waals surface area (Å²) in [5.74, 6) is -0.0563. The average Bonchev–Trinajstić information content (AvgIpc) is 3.44. The average molecular weight is 1100 g/mol. The molecule has 0 aromatic carbocycles. The molecule has 6 heteroatoms. The first-order chi connectivity index (χ1) is 38.5. The van der Waals surface area contributed by atoms with Gasteiger partial charge in [0.1, 0.15) is 0 Å². The molecule has 0 aliphatic rings. The second-order valence-electron chi connectivity index (χ2n) is 24.2. The van der Waals surface area contributed by atoms with Crippen LogP contribution in [0.1, 0.15) is 386 Å². The van der Waals surface area contributed by atoms with Gasteiger partial charge in [0.15, 0.2) is 0 Å². The Kier molecular flexibility index (Phi) is 65.9. The first-order valence-corrected chi connectivity index (χ1v) is 35.3. The number of nitrogens with one attached hydrogen (secondary N) is 1. The zero-order valence-electron chi connectivity index (χ0n) is 52.7. The van der Waals surface area contributed by atoms with Gasteiger partial charge in [0.05, 0.1) is 25.4 Å². The van der Waals surface area contributed by atoms with Gasteiger partial charge in [0.25, 0.3) is 0 Å². The van der Waals surface area contributed by atoms with Crippen molar-refractivity contribution >= 4 is 11.9 Å².